The van der Waals surface area contributed by atoms with Crippen molar-refractivity contribution in [2.75, 3.05) is 12.4 Å². The second-order valence-electron chi connectivity index (χ2n) is 5.97. The van der Waals surface area contributed by atoms with E-state index in [2.05, 4.69) is 10.0 Å². The summed E-state index contributed by atoms with van der Waals surface area (Å²) in [4.78, 5) is 12.5. The maximum atomic E-state index is 12.5. The number of anilines is 1. The van der Waals surface area contributed by atoms with E-state index in [0.717, 1.165) is 5.56 Å². The zero-order chi connectivity index (χ0) is 20.0. The van der Waals surface area contributed by atoms with Gasteiger partial charge in [-0.2, -0.15) is 0 Å². The number of carbonyl (C=O) groups excluding carboxylic acids is 1. The van der Waals surface area contributed by atoms with Crippen LogP contribution in [0, 0.1) is 0 Å². The molecule has 0 atom stereocenters. The van der Waals surface area contributed by atoms with Crippen LogP contribution >= 0.6 is 0 Å². The van der Waals surface area contributed by atoms with Crippen LogP contribution in [0.25, 0.3) is 0 Å². The van der Waals surface area contributed by atoms with Crippen LogP contribution in [0.5, 0.6) is 0 Å². The Kier molecular flexibility index (Phi) is 6.25. The predicted octanol–water partition coefficient (Wildman–Crippen LogP) is 3.16. The van der Waals surface area contributed by atoms with Crippen molar-refractivity contribution in [1.82, 2.24) is 4.72 Å². The van der Waals surface area contributed by atoms with Gasteiger partial charge in [-0.1, -0.05) is 18.2 Å². The summed E-state index contributed by atoms with van der Waals surface area (Å²) in [6, 6.07) is 16.4. The molecule has 2 aromatic carbocycles. The highest BCUT2D eigenvalue weighted by Gasteiger charge is 2.16. The Hall–Kier alpha value is -2.94. The van der Waals surface area contributed by atoms with E-state index in [0.29, 0.717) is 23.6 Å². The van der Waals surface area contributed by atoms with Gasteiger partial charge in [0.2, 0.25) is 10.0 Å². The van der Waals surface area contributed by atoms with Gasteiger partial charge in [-0.25, -0.2) is 13.1 Å². The Balaban J connectivity index is 1.69. The van der Waals surface area contributed by atoms with Crippen molar-refractivity contribution in [3.63, 3.8) is 0 Å². The number of hydrogen-bond donors (Lipinski definition) is 2. The molecule has 1 aromatic heterocycles. The maximum absolute atomic E-state index is 12.5. The molecule has 8 heteroatoms. The first-order valence-corrected chi connectivity index (χ1v) is 9.98. The summed E-state index contributed by atoms with van der Waals surface area (Å²) in [5, 5.41) is 2.82. The number of sulfonamides is 1. The minimum atomic E-state index is -3.71. The molecule has 0 aliphatic heterocycles. The van der Waals surface area contributed by atoms with E-state index in [1.165, 1.54) is 30.5 Å². The second-order valence-corrected chi connectivity index (χ2v) is 7.74. The molecule has 0 bridgehead atoms. The molecular formula is C20H20N2O5S. The molecule has 0 saturated heterocycles. The average Bonchev–Trinajstić information content (AvgIpc) is 3.22. The molecule has 0 unspecified atom stereocenters. The normalized spacial score (nSPS) is 11.3. The van der Waals surface area contributed by atoms with Crippen LogP contribution in [0.3, 0.4) is 0 Å². The molecule has 0 saturated carbocycles. The van der Waals surface area contributed by atoms with E-state index in [1.807, 2.05) is 18.2 Å². The first-order valence-electron chi connectivity index (χ1n) is 8.50. The van der Waals surface area contributed by atoms with Crippen LogP contribution in [-0.2, 0) is 27.9 Å². The molecule has 28 heavy (non-hydrogen) atoms. The van der Waals surface area contributed by atoms with E-state index in [4.69, 9.17) is 9.15 Å². The summed E-state index contributed by atoms with van der Waals surface area (Å²) in [5.41, 5.74) is 1.84. The highest BCUT2D eigenvalue weighted by atomic mass is 32.2. The number of benzene rings is 2. The van der Waals surface area contributed by atoms with Crippen LogP contribution in [0.4, 0.5) is 5.69 Å². The summed E-state index contributed by atoms with van der Waals surface area (Å²) < 4.78 is 37.4. The zero-order valence-electron chi connectivity index (χ0n) is 15.2. The quantitative estimate of drug-likeness (QED) is 0.605. The van der Waals surface area contributed by atoms with E-state index in [-0.39, 0.29) is 17.3 Å². The lowest BCUT2D eigenvalue weighted by atomic mass is 10.1. The number of hydrogen-bond acceptors (Lipinski definition) is 5. The van der Waals surface area contributed by atoms with Crippen molar-refractivity contribution in [2.24, 2.45) is 0 Å². The van der Waals surface area contributed by atoms with Crippen molar-refractivity contribution in [3.05, 3.63) is 83.8 Å². The minimum absolute atomic E-state index is 0.0495. The van der Waals surface area contributed by atoms with Crippen LogP contribution < -0.4 is 10.0 Å². The third-order valence-corrected chi connectivity index (χ3v) is 5.43. The first-order chi connectivity index (χ1) is 13.5. The minimum Gasteiger partial charge on any atom is -0.468 e. The molecule has 3 rings (SSSR count). The van der Waals surface area contributed by atoms with Gasteiger partial charge in [0, 0.05) is 23.9 Å². The summed E-state index contributed by atoms with van der Waals surface area (Å²) >= 11 is 0. The Bertz CT molecular complexity index is 1030. The number of amides is 1. The van der Waals surface area contributed by atoms with Gasteiger partial charge < -0.3 is 14.5 Å². The third-order valence-electron chi connectivity index (χ3n) is 4.01. The fourth-order valence-electron chi connectivity index (χ4n) is 2.57. The highest BCUT2D eigenvalue weighted by molar-refractivity contribution is 7.89. The van der Waals surface area contributed by atoms with Crippen molar-refractivity contribution in [1.29, 1.82) is 0 Å². The van der Waals surface area contributed by atoms with Crippen LogP contribution in [0.1, 0.15) is 21.7 Å². The van der Waals surface area contributed by atoms with Gasteiger partial charge in [0.1, 0.15) is 5.76 Å². The van der Waals surface area contributed by atoms with E-state index < -0.39 is 10.0 Å². The average molecular weight is 400 g/mol. The Morgan fingerprint density at radius 2 is 1.79 bits per heavy atom. The van der Waals surface area contributed by atoms with E-state index >= 15 is 0 Å². The standard InChI is InChI=1S/C20H20N2O5S/c1-26-14-16-5-2-3-7-19(16)22-20(23)15-8-10-18(11-9-15)28(24,25)21-13-17-6-4-12-27-17/h2-12,21H,13-14H2,1H3,(H,22,23). The molecule has 2 N–H and O–H groups in total. The van der Waals surface area contributed by atoms with Gasteiger partial charge >= 0.3 is 0 Å². The van der Waals surface area contributed by atoms with Crippen molar-refractivity contribution in [3.8, 4) is 0 Å². The third kappa shape index (κ3) is 4.86. The lowest BCUT2D eigenvalue weighted by Gasteiger charge is -2.11. The number of methoxy groups -OCH3 is 1. The molecule has 3 aromatic rings. The van der Waals surface area contributed by atoms with Crippen LogP contribution in [0.15, 0.2) is 76.2 Å². The lowest BCUT2D eigenvalue weighted by Crippen LogP contribution is -2.23. The molecule has 0 aliphatic carbocycles. The summed E-state index contributed by atoms with van der Waals surface area (Å²) in [5.74, 6) is 0.172. The molecule has 0 aliphatic rings. The van der Waals surface area contributed by atoms with Crippen molar-refractivity contribution < 1.29 is 22.4 Å². The number of para-hydroxylation sites is 1. The number of nitrogens with one attached hydrogen (secondary N) is 2. The Morgan fingerprint density at radius 1 is 1.04 bits per heavy atom. The highest BCUT2D eigenvalue weighted by Crippen LogP contribution is 2.18. The number of ether oxygens (including phenoxy) is 1. The van der Waals surface area contributed by atoms with Gasteiger partial charge in [0.15, 0.2) is 0 Å². The Labute approximate surface area is 163 Å². The number of rotatable bonds is 8. The molecule has 1 amide bonds. The topological polar surface area (TPSA) is 97.6 Å². The molecule has 1 heterocycles. The van der Waals surface area contributed by atoms with Crippen LogP contribution in [-0.4, -0.2) is 21.4 Å². The molecule has 0 fully saturated rings. The maximum Gasteiger partial charge on any atom is 0.255 e. The molecular weight excluding hydrogens is 380 g/mol. The monoisotopic (exact) mass is 400 g/mol. The number of carbonyl (C=O) groups is 1. The van der Waals surface area contributed by atoms with Gasteiger partial charge in [0.05, 0.1) is 24.3 Å². The van der Waals surface area contributed by atoms with Gasteiger partial charge in [-0.05, 0) is 42.5 Å². The summed E-state index contributed by atoms with van der Waals surface area (Å²) in [7, 11) is -2.13. The largest absolute Gasteiger partial charge is 0.468 e. The van der Waals surface area contributed by atoms with E-state index in [1.54, 1.807) is 25.3 Å². The van der Waals surface area contributed by atoms with Crippen molar-refractivity contribution >= 4 is 21.6 Å². The smallest absolute Gasteiger partial charge is 0.255 e. The molecule has 146 valence electrons. The second kappa shape index (κ2) is 8.83. The fraction of sp³-hybridized carbons (Fsp3) is 0.150. The number of furan rings is 1. The van der Waals surface area contributed by atoms with E-state index in [9.17, 15) is 13.2 Å². The first kappa shape index (κ1) is 19.8. The van der Waals surface area contributed by atoms with Gasteiger partial charge in [-0.3, -0.25) is 4.79 Å². The molecule has 0 spiro atoms. The summed E-state index contributed by atoms with van der Waals surface area (Å²) in [6.07, 6.45) is 1.47. The predicted molar refractivity (Wildman–Crippen MR) is 104 cm³/mol. The molecule has 7 nitrogen and oxygen atoms in total. The fourth-order valence-corrected chi connectivity index (χ4v) is 3.56. The van der Waals surface area contributed by atoms with Gasteiger partial charge in [-0.15, -0.1) is 0 Å². The Morgan fingerprint density at radius 3 is 2.46 bits per heavy atom. The van der Waals surface area contributed by atoms with Crippen LogP contribution in [0.2, 0.25) is 0 Å². The van der Waals surface area contributed by atoms with Crippen molar-refractivity contribution in [2.45, 2.75) is 18.0 Å². The lowest BCUT2D eigenvalue weighted by molar-refractivity contribution is 0.102. The summed E-state index contributed by atoms with van der Waals surface area (Å²) in [6.45, 7) is 0.419. The SMILES string of the molecule is COCc1ccccc1NC(=O)c1ccc(S(=O)(=O)NCc2ccco2)cc1. The molecule has 0 radical (unpaired) electrons. The zero-order valence-corrected chi connectivity index (χ0v) is 16.0. The van der Waals surface area contributed by atoms with Gasteiger partial charge in [0.25, 0.3) is 5.91 Å².